The number of nitrogens with zero attached hydrogens (tertiary/aromatic N) is 1. The maximum Gasteiger partial charge on any atom is 0.141 e. The van der Waals surface area contributed by atoms with Crippen molar-refractivity contribution in [2.75, 3.05) is 13.1 Å². The van der Waals surface area contributed by atoms with E-state index in [0.717, 1.165) is 31.0 Å². The summed E-state index contributed by atoms with van der Waals surface area (Å²) < 4.78 is 6.27. The van der Waals surface area contributed by atoms with Gasteiger partial charge in [-0.1, -0.05) is 13.8 Å². The summed E-state index contributed by atoms with van der Waals surface area (Å²) >= 11 is 0. The zero-order valence-electron chi connectivity index (χ0n) is 12.4. The minimum Gasteiger partial charge on any atom is -0.485 e. The number of pyridine rings is 1. The Morgan fingerprint density at radius 3 is 2.79 bits per heavy atom. The van der Waals surface area contributed by atoms with Crippen molar-refractivity contribution in [2.45, 2.75) is 52.1 Å². The van der Waals surface area contributed by atoms with Gasteiger partial charge in [-0.15, -0.1) is 0 Å². The highest BCUT2D eigenvalue weighted by molar-refractivity contribution is 5.26. The topological polar surface area (TPSA) is 34.1 Å². The summed E-state index contributed by atoms with van der Waals surface area (Å²) in [6, 6.07) is 3.98. The van der Waals surface area contributed by atoms with Crippen LogP contribution < -0.4 is 10.1 Å². The van der Waals surface area contributed by atoms with Gasteiger partial charge in [0.1, 0.15) is 11.4 Å². The van der Waals surface area contributed by atoms with Crippen LogP contribution in [0.1, 0.15) is 45.2 Å². The van der Waals surface area contributed by atoms with Crippen molar-refractivity contribution in [2.24, 2.45) is 5.92 Å². The van der Waals surface area contributed by atoms with Crippen molar-refractivity contribution < 1.29 is 4.74 Å². The molecule has 0 saturated heterocycles. The van der Waals surface area contributed by atoms with Gasteiger partial charge < -0.3 is 10.1 Å². The molecule has 1 aromatic heterocycles. The van der Waals surface area contributed by atoms with Crippen LogP contribution >= 0.6 is 0 Å². The first-order chi connectivity index (χ1) is 9.11. The molecule has 1 fully saturated rings. The summed E-state index contributed by atoms with van der Waals surface area (Å²) in [6.45, 7) is 8.61. The molecule has 106 valence electrons. The molecule has 3 heteroatoms. The van der Waals surface area contributed by atoms with E-state index in [9.17, 15) is 0 Å². The van der Waals surface area contributed by atoms with Crippen molar-refractivity contribution in [1.82, 2.24) is 10.3 Å². The lowest BCUT2D eigenvalue weighted by molar-refractivity contribution is -0.0151. The largest absolute Gasteiger partial charge is 0.485 e. The van der Waals surface area contributed by atoms with Crippen molar-refractivity contribution >= 4 is 0 Å². The Hall–Kier alpha value is -1.09. The SMILES string of the molecule is Cc1ncccc1OC1(CCNCC(C)C)CCC1. The zero-order valence-corrected chi connectivity index (χ0v) is 12.4. The monoisotopic (exact) mass is 262 g/mol. The molecule has 3 nitrogen and oxygen atoms in total. The van der Waals surface area contributed by atoms with Gasteiger partial charge in [0.05, 0.1) is 5.69 Å². The van der Waals surface area contributed by atoms with Gasteiger partial charge in [-0.05, 0) is 63.7 Å². The molecule has 0 radical (unpaired) electrons. The maximum absolute atomic E-state index is 6.27. The van der Waals surface area contributed by atoms with Crippen molar-refractivity contribution in [3.8, 4) is 5.75 Å². The molecule has 0 bridgehead atoms. The molecule has 1 heterocycles. The first kappa shape index (κ1) is 14.3. The van der Waals surface area contributed by atoms with Gasteiger partial charge in [-0.2, -0.15) is 0 Å². The van der Waals surface area contributed by atoms with E-state index >= 15 is 0 Å². The van der Waals surface area contributed by atoms with E-state index < -0.39 is 0 Å². The summed E-state index contributed by atoms with van der Waals surface area (Å²) in [6.07, 6.45) is 6.53. The standard InChI is InChI=1S/C16H26N2O/c1-13(2)12-17-11-9-16(7-5-8-16)19-15-6-4-10-18-14(15)3/h4,6,10,13,17H,5,7-9,11-12H2,1-3H3. The molecule has 19 heavy (non-hydrogen) atoms. The van der Waals surface area contributed by atoms with Gasteiger partial charge in [-0.3, -0.25) is 4.98 Å². The summed E-state index contributed by atoms with van der Waals surface area (Å²) in [7, 11) is 0. The van der Waals surface area contributed by atoms with E-state index in [1.165, 1.54) is 19.3 Å². The van der Waals surface area contributed by atoms with Crippen LogP contribution in [0.4, 0.5) is 0 Å². The van der Waals surface area contributed by atoms with Crippen molar-refractivity contribution in [3.63, 3.8) is 0 Å². The number of aryl methyl sites for hydroxylation is 1. The molecule has 1 saturated carbocycles. The molecule has 0 aliphatic heterocycles. The van der Waals surface area contributed by atoms with E-state index in [0.29, 0.717) is 5.92 Å². The summed E-state index contributed by atoms with van der Waals surface area (Å²) in [5, 5.41) is 3.51. The average Bonchev–Trinajstić information content (AvgIpc) is 2.33. The molecule has 1 aromatic rings. The lowest BCUT2D eigenvalue weighted by Gasteiger charge is -2.42. The Morgan fingerprint density at radius 1 is 1.42 bits per heavy atom. The highest BCUT2D eigenvalue weighted by Crippen LogP contribution is 2.39. The molecular weight excluding hydrogens is 236 g/mol. The van der Waals surface area contributed by atoms with Crippen LogP contribution in [-0.4, -0.2) is 23.7 Å². The Morgan fingerprint density at radius 2 is 2.21 bits per heavy atom. The first-order valence-corrected chi connectivity index (χ1v) is 7.43. The van der Waals surface area contributed by atoms with Crippen LogP contribution in [-0.2, 0) is 0 Å². The number of hydrogen-bond acceptors (Lipinski definition) is 3. The second kappa shape index (κ2) is 6.38. The minimum atomic E-state index is 0.0533. The Bertz CT molecular complexity index is 399. The molecular formula is C16H26N2O. The van der Waals surface area contributed by atoms with Gasteiger partial charge in [-0.25, -0.2) is 0 Å². The fourth-order valence-corrected chi connectivity index (χ4v) is 2.49. The van der Waals surface area contributed by atoms with Gasteiger partial charge in [0, 0.05) is 6.20 Å². The molecule has 1 aliphatic rings. The Balaban J connectivity index is 1.86. The quantitative estimate of drug-likeness (QED) is 0.765. The lowest BCUT2D eigenvalue weighted by atomic mass is 9.77. The zero-order chi connectivity index (χ0) is 13.7. The first-order valence-electron chi connectivity index (χ1n) is 7.43. The highest BCUT2D eigenvalue weighted by atomic mass is 16.5. The van der Waals surface area contributed by atoms with Gasteiger partial charge >= 0.3 is 0 Å². The summed E-state index contributed by atoms with van der Waals surface area (Å²) in [5.74, 6) is 1.66. The number of nitrogens with one attached hydrogen (secondary N) is 1. The third-order valence-corrected chi connectivity index (χ3v) is 3.86. The number of aromatic nitrogens is 1. The average molecular weight is 262 g/mol. The predicted molar refractivity (Wildman–Crippen MR) is 78.5 cm³/mol. The lowest BCUT2D eigenvalue weighted by Crippen LogP contribution is -2.45. The second-order valence-corrected chi connectivity index (χ2v) is 6.07. The van der Waals surface area contributed by atoms with Gasteiger partial charge in [0.25, 0.3) is 0 Å². The molecule has 2 rings (SSSR count). The smallest absolute Gasteiger partial charge is 0.141 e. The molecule has 1 aliphatic carbocycles. The van der Waals surface area contributed by atoms with Gasteiger partial charge in [0.15, 0.2) is 0 Å². The fourth-order valence-electron chi connectivity index (χ4n) is 2.49. The number of ether oxygens (including phenoxy) is 1. The number of hydrogen-bond donors (Lipinski definition) is 1. The van der Waals surface area contributed by atoms with E-state index in [1.807, 2.05) is 25.3 Å². The van der Waals surface area contributed by atoms with Crippen molar-refractivity contribution in [1.29, 1.82) is 0 Å². The summed E-state index contributed by atoms with van der Waals surface area (Å²) in [5.41, 5.74) is 1.04. The third-order valence-electron chi connectivity index (χ3n) is 3.86. The Labute approximate surface area is 116 Å². The molecule has 0 unspecified atom stereocenters. The van der Waals surface area contributed by atoms with Crippen LogP contribution in [0.25, 0.3) is 0 Å². The fraction of sp³-hybridized carbons (Fsp3) is 0.688. The minimum absolute atomic E-state index is 0.0533. The van der Waals surface area contributed by atoms with Crippen LogP contribution in [0, 0.1) is 12.8 Å². The third kappa shape index (κ3) is 3.93. The molecule has 0 atom stereocenters. The maximum atomic E-state index is 6.27. The molecule has 0 amide bonds. The molecule has 0 aromatic carbocycles. The van der Waals surface area contributed by atoms with Crippen LogP contribution in [0.3, 0.4) is 0 Å². The Kier molecular flexibility index (Phi) is 4.81. The van der Waals surface area contributed by atoms with Crippen LogP contribution in [0.15, 0.2) is 18.3 Å². The van der Waals surface area contributed by atoms with E-state index in [4.69, 9.17) is 4.74 Å². The predicted octanol–water partition coefficient (Wildman–Crippen LogP) is 3.33. The van der Waals surface area contributed by atoms with Crippen LogP contribution in [0.2, 0.25) is 0 Å². The molecule has 1 N–H and O–H groups in total. The van der Waals surface area contributed by atoms with E-state index in [1.54, 1.807) is 0 Å². The highest BCUT2D eigenvalue weighted by Gasteiger charge is 2.39. The van der Waals surface area contributed by atoms with Crippen molar-refractivity contribution in [3.05, 3.63) is 24.0 Å². The summed E-state index contributed by atoms with van der Waals surface area (Å²) in [4.78, 5) is 4.30. The van der Waals surface area contributed by atoms with E-state index in [2.05, 4.69) is 24.1 Å². The number of rotatable bonds is 7. The van der Waals surface area contributed by atoms with Gasteiger partial charge in [0.2, 0.25) is 0 Å². The van der Waals surface area contributed by atoms with Crippen LogP contribution in [0.5, 0.6) is 5.75 Å². The normalized spacial score (nSPS) is 17.3. The molecule has 0 spiro atoms. The second-order valence-electron chi connectivity index (χ2n) is 6.07. The van der Waals surface area contributed by atoms with E-state index in [-0.39, 0.29) is 5.60 Å².